The lowest BCUT2D eigenvalue weighted by Crippen LogP contribution is -2.34. The Balaban J connectivity index is 0.0000152. The maximum atomic E-state index is 11.9. The van der Waals surface area contributed by atoms with Gasteiger partial charge in [-0.25, -0.2) is 4.79 Å². The minimum atomic E-state index is -0.520. The molecular formula is C30H53NO8. The zero-order chi connectivity index (χ0) is 29.2. The monoisotopic (exact) mass is 555 g/mol. The highest BCUT2D eigenvalue weighted by Gasteiger charge is 2.18. The lowest BCUT2D eigenvalue weighted by molar-refractivity contribution is -0.156. The summed E-state index contributed by atoms with van der Waals surface area (Å²) in [6.45, 7) is 16.7. The van der Waals surface area contributed by atoms with Crippen LogP contribution >= 0.6 is 0 Å². The van der Waals surface area contributed by atoms with Gasteiger partial charge in [0.15, 0.2) is 0 Å². The number of hydrogen-bond acceptors (Lipinski definition) is 8. The zero-order valence-corrected chi connectivity index (χ0v) is 25.1. The molecule has 226 valence electrons. The van der Waals surface area contributed by atoms with E-state index in [0.717, 1.165) is 37.0 Å². The van der Waals surface area contributed by atoms with Crippen LogP contribution in [0.15, 0.2) is 24.3 Å². The van der Waals surface area contributed by atoms with Gasteiger partial charge in [-0.15, -0.1) is 0 Å². The highest BCUT2D eigenvalue weighted by atomic mass is 16.6. The minimum absolute atomic E-state index is 0. The van der Waals surface area contributed by atoms with Gasteiger partial charge in [-0.1, -0.05) is 18.6 Å². The van der Waals surface area contributed by atoms with Crippen molar-refractivity contribution in [2.45, 2.75) is 97.8 Å². The van der Waals surface area contributed by atoms with Crippen molar-refractivity contribution >= 4 is 12.1 Å². The van der Waals surface area contributed by atoms with Gasteiger partial charge < -0.3 is 33.7 Å². The lowest BCUT2D eigenvalue weighted by Gasteiger charge is -2.22. The molecule has 0 spiro atoms. The fraction of sp³-hybridized carbons (Fsp3) is 0.733. The number of rotatable bonds is 19. The molecule has 0 fully saturated rings. The molecule has 39 heavy (non-hydrogen) atoms. The second-order valence-electron chi connectivity index (χ2n) is 11.4. The maximum Gasteiger partial charge on any atom is 0.408 e. The Morgan fingerprint density at radius 3 is 1.79 bits per heavy atom. The van der Waals surface area contributed by atoms with Crippen molar-refractivity contribution in [1.29, 1.82) is 0 Å². The van der Waals surface area contributed by atoms with Gasteiger partial charge >= 0.3 is 12.1 Å². The number of alkyl carbamates (subject to hydrolysis) is 1. The van der Waals surface area contributed by atoms with E-state index in [1.807, 2.05) is 72.7 Å². The Hall–Kier alpha value is -2.36. The van der Waals surface area contributed by atoms with E-state index in [-0.39, 0.29) is 19.9 Å². The molecule has 0 aliphatic heterocycles. The number of amides is 1. The summed E-state index contributed by atoms with van der Waals surface area (Å²) in [6, 6.07) is 7.61. The van der Waals surface area contributed by atoms with E-state index < -0.39 is 17.3 Å². The highest BCUT2D eigenvalue weighted by Crippen LogP contribution is 2.19. The van der Waals surface area contributed by atoms with E-state index in [4.69, 9.17) is 28.4 Å². The first-order chi connectivity index (χ1) is 18.4. The molecule has 1 rings (SSSR count). The zero-order valence-electron chi connectivity index (χ0n) is 25.1. The number of unbranched alkanes of at least 4 members (excludes halogenated alkanes) is 3. The van der Waals surface area contributed by atoms with Crippen LogP contribution in [0.1, 0.15) is 93.6 Å². The Bertz CT molecular complexity index is 805. The standard InChI is InChI=1S/C30H51NO8.H2/c1-24(31-28(33)39-30(5,6)7)25-12-14-26(15-13-25)37-18-11-9-8-10-17-34-20-22-36-23-21-35-19-16-27(32)38-29(2,3)4;/h12-15,24H,8-11,16-23H2,1-7H3,(H,31,33);1H/t24-;/m1./s1. The molecule has 0 unspecified atom stereocenters. The van der Waals surface area contributed by atoms with Gasteiger partial charge in [0.05, 0.1) is 52.1 Å². The second-order valence-corrected chi connectivity index (χ2v) is 11.4. The second kappa shape index (κ2) is 18.8. The van der Waals surface area contributed by atoms with E-state index in [9.17, 15) is 9.59 Å². The fourth-order valence-corrected chi connectivity index (χ4v) is 3.36. The molecule has 1 N–H and O–H groups in total. The van der Waals surface area contributed by atoms with E-state index in [0.29, 0.717) is 46.2 Å². The Kier molecular flexibility index (Phi) is 16.7. The summed E-state index contributed by atoms with van der Waals surface area (Å²) in [5.74, 6) is 0.566. The Morgan fingerprint density at radius 1 is 0.718 bits per heavy atom. The molecule has 0 saturated heterocycles. The van der Waals surface area contributed by atoms with Crippen molar-refractivity contribution in [2.24, 2.45) is 0 Å². The summed E-state index contributed by atoms with van der Waals surface area (Å²) in [5, 5.41) is 2.84. The van der Waals surface area contributed by atoms with Gasteiger partial charge in [-0.2, -0.15) is 0 Å². The van der Waals surface area contributed by atoms with Crippen LogP contribution in [0, 0.1) is 0 Å². The summed E-state index contributed by atoms with van der Waals surface area (Å²) in [7, 11) is 0. The third kappa shape index (κ3) is 20.2. The summed E-state index contributed by atoms with van der Waals surface area (Å²) in [6.07, 6.45) is 3.97. The largest absolute Gasteiger partial charge is 0.494 e. The van der Waals surface area contributed by atoms with E-state index in [1.54, 1.807) is 0 Å². The molecule has 0 heterocycles. The molecule has 1 aromatic rings. The molecule has 9 heteroatoms. The molecule has 1 atom stereocenters. The van der Waals surface area contributed by atoms with Crippen molar-refractivity contribution in [3.8, 4) is 5.75 Å². The van der Waals surface area contributed by atoms with Crippen LogP contribution in [0.25, 0.3) is 0 Å². The number of hydrogen-bond donors (Lipinski definition) is 1. The van der Waals surface area contributed by atoms with Gasteiger partial charge in [0.25, 0.3) is 0 Å². The number of benzene rings is 1. The van der Waals surface area contributed by atoms with Crippen molar-refractivity contribution in [3.63, 3.8) is 0 Å². The van der Waals surface area contributed by atoms with Gasteiger partial charge in [-0.3, -0.25) is 4.79 Å². The fourth-order valence-electron chi connectivity index (χ4n) is 3.36. The molecule has 9 nitrogen and oxygen atoms in total. The first-order valence-corrected chi connectivity index (χ1v) is 14.0. The molecular weight excluding hydrogens is 502 g/mol. The molecule has 0 radical (unpaired) electrons. The van der Waals surface area contributed by atoms with Gasteiger partial charge in [0, 0.05) is 8.03 Å². The average Bonchev–Trinajstić information content (AvgIpc) is 2.81. The molecule has 0 saturated carbocycles. The third-order valence-corrected chi connectivity index (χ3v) is 5.18. The predicted molar refractivity (Wildman–Crippen MR) is 153 cm³/mol. The van der Waals surface area contributed by atoms with E-state index >= 15 is 0 Å². The summed E-state index contributed by atoms with van der Waals surface area (Å²) >= 11 is 0. The quantitative estimate of drug-likeness (QED) is 0.158. The van der Waals surface area contributed by atoms with Crippen molar-refractivity contribution in [3.05, 3.63) is 29.8 Å². The number of carbonyl (C=O) groups excluding carboxylic acids is 2. The van der Waals surface area contributed by atoms with Crippen LogP contribution in [-0.4, -0.2) is 69.5 Å². The normalized spacial score (nSPS) is 12.6. The Morgan fingerprint density at radius 2 is 1.23 bits per heavy atom. The van der Waals surface area contributed by atoms with E-state index in [1.165, 1.54) is 0 Å². The number of esters is 1. The van der Waals surface area contributed by atoms with Crippen LogP contribution < -0.4 is 10.1 Å². The van der Waals surface area contributed by atoms with Gasteiger partial charge in [0.2, 0.25) is 0 Å². The van der Waals surface area contributed by atoms with Crippen molar-refractivity contribution in [2.75, 3.05) is 46.2 Å². The molecule has 0 aliphatic carbocycles. The van der Waals surface area contributed by atoms with Crippen LogP contribution in [0.4, 0.5) is 4.79 Å². The average molecular weight is 556 g/mol. The Labute approximate surface area is 236 Å². The number of ether oxygens (including phenoxy) is 6. The van der Waals surface area contributed by atoms with Crippen LogP contribution in [0.2, 0.25) is 0 Å². The maximum absolute atomic E-state index is 11.9. The van der Waals surface area contributed by atoms with Gasteiger partial charge in [0.1, 0.15) is 17.0 Å². The highest BCUT2D eigenvalue weighted by molar-refractivity contribution is 5.70. The topological polar surface area (TPSA) is 102 Å². The molecule has 1 aromatic carbocycles. The lowest BCUT2D eigenvalue weighted by atomic mass is 10.1. The van der Waals surface area contributed by atoms with Gasteiger partial charge in [-0.05, 0) is 85.4 Å². The molecule has 0 bridgehead atoms. The van der Waals surface area contributed by atoms with Crippen molar-refractivity contribution < 1.29 is 39.4 Å². The van der Waals surface area contributed by atoms with Crippen molar-refractivity contribution in [1.82, 2.24) is 5.32 Å². The minimum Gasteiger partial charge on any atom is -0.494 e. The molecule has 0 aromatic heterocycles. The third-order valence-electron chi connectivity index (χ3n) is 5.18. The number of nitrogens with one attached hydrogen (secondary N) is 1. The van der Waals surface area contributed by atoms with Crippen LogP contribution in [-0.2, 0) is 28.5 Å². The molecule has 1 amide bonds. The summed E-state index contributed by atoms with van der Waals surface area (Å²) in [5.41, 5.74) is 0.00357. The first-order valence-electron chi connectivity index (χ1n) is 14.0. The molecule has 0 aliphatic rings. The number of carbonyl (C=O) groups is 2. The first kappa shape index (κ1) is 34.7. The summed E-state index contributed by atoms with van der Waals surface area (Å²) < 4.78 is 32.8. The van der Waals surface area contributed by atoms with Crippen LogP contribution in [0.5, 0.6) is 5.75 Å². The SMILES string of the molecule is C[C@@H](NC(=O)OC(C)(C)C)c1ccc(OCCCCCCOCCOCCOCCC(=O)OC(C)(C)C)cc1.[HH]. The van der Waals surface area contributed by atoms with Crippen LogP contribution in [0.3, 0.4) is 0 Å². The predicted octanol–water partition coefficient (Wildman–Crippen LogP) is 6.24. The summed E-state index contributed by atoms with van der Waals surface area (Å²) in [4.78, 5) is 23.5. The van der Waals surface area contributed by atoms with E-state index in [2.05, 4.69) is 5.32 Å². The smallest absolute Gasteiger partial charge is 0.408 e.